The summed E-state index contributed by atoms with van der Waals surface area (Å²) >= 11 is 0. The number of rotatable bonds is 0. The molecule has 0 aliphatic carbocycles. The van der Waals surface area contributed by atoms with Gasteiger partial charge in [0.25, 0.3) is 0 Å². The van der Waals surface area contributed by atoms with E-state index in [2.05, 4.69) is 11.9 Å². The molecule has 0 amide bonds. The van der Waals surface area contributed by atoms with E-state index in [1.807, 2.05) is 21.0 Å². The molecule has 0 aliphatic heterocycles. The zero-order valence-electron chi connectivity index (χ0n) is 5.49. The molecule has 0 bridgehead atoms. The molecule has 0 saturated carbocycles. The topological polar surface area (TPSA) is 47.0 Å². The lowest BCUT2D eigenvalue weighted by molar-refractivity contribution is 1.02. The first-order valence-electron chi connectivity index (χ1n) is 1.99. The van der Waals surface area contributed by atoms with E-state index < -0.39 is 0 Å². The highest BCUT2D eigenvalue weighted by Gasteiger charge is 1.25. The zero-order valence-corrected chi connectivity index (χ0v) is 5.49. The number of hydrogen-bond acceptors (Lipinski definition) is 2. The van der Waals surface area contributed by atoms with Gasteiger partial charge in [-0.3, -0.25) is 0 Å². The first-order chi connectivity index (χ1) is 2.83. The molecule has 2 heteroatoms. The molecule has 0 radical (unpaired) electrons. The molecule has 0 aliphatic rings. The summed E-state index contributed by atoms with van der Waals surface area (Å²) in [7, 11) is 3.75. The fourth-order valence-corrected chi connectivity index (χ4v) is 0. The molecule has 0 aromatic heterocycles. The fourth-order valence-electron chi connectivity index (χ4n) is 0. The van der Waals surface area contributed by atoms with Gasteiger partial charge in [-0.05, 0) is 21.0 Å². The van der Waals surface area contributed by atoms with E-state index in [1.54, 1.807) is 6.08 Å². The van der Waals surface area contributed by atoms with Crippen molar-refractivity contribution >= 4 is 0 Å². The third-order valence-electron chi connectivity index (χ3n) is 0. The molecule has 46 valence electrons. The SMILES string of the molecule is C=CC.CNC.N. The Morgan fingerprint density at radius 2 is 1.43 bits per heavy atom. The normalized spacial score (nSPS) is 4.43. The molecule has 0 fully saturated rings. The molecule has 2 nitrogen and oxygen atoms in total. The first-order valence-corrected chi connectivity index (χ1v) is 1.99. The van der Waals surface area contributed by atoms with Gasteiger partial charge in [-0.2, -0.15) is 0 Å². The average molecular weight is 104 g/mol. The van der Waals surface area contributed by atoms with Crippen LogP contribution in [0.1, 0.15) is 6.92 Å². The van der Waals surface area contributed by atoms with Crippen molar-refractivity contribution in [2.45, 2.75) is 6.92 Å². The molecule has 0 unspecified atom stereocenters. The van der Waals surface area contributed by atoms with Gasteiger partial charge in [-0.25, -0.2) is 0 Å². The van der Waals surface area contributed by atoms with Crippen molar-refractivity contribution in [1.82, 2.24) is 11.5 Å². The van der Waals surface area contributed by atoms with Crippen LogP contribution in [0, 0.1) is 0 Å². The Kier molecular flexibility index (Phi) is 101. The second-order valence-corrected chi connectivity index (χ2v) is 0.908. The quantitative estimate of drug-likeness (QED) is 0.453. The van der Waals surface area contributed by atoms with Gasteiger partial charge in [-0.1, -0.05) is 6.08 Å². The average Bonchev–Trinajstić information content (AvgIpc) is 1.39. The molecule has 0 aromatic rings. The second kappa shape index (κ2) is 44.6. The van der Waals surface area contributed by atoms with E-state index in [9.17, 15) is 0 Å². The van der Waals surface area contributed by atoms with Gasteiger partial charge in [0.2, 0.25) is 0 Å². The maximum atomic E-state index is 3.36. The predicted molar refractivity (Wildman–Crippen MR) is 35.9 cm³/mol. The summed E-state index contributed by atoms with van der Waals surface area (Å²) in [4.78, 5) is 0. The highest BCUT2D eigenvalue weighted by atomic mass is 14.7. The van der Waals surface area contributed by atoms with Crippen molar-refractivity contribution in [3.8, 4) is 0 Å². The minimum Gasteiger partial charge on any atom is -0.344 e. The van der Waals surface area contributed by atoms with Crippen molar-refractivity contribution in [3.63, 3.8) is 0 Å². The zero-order chi connectivity index (χ0) is 5.41. The summed E-state index contributed by atoms with van der Waals surface area (Å²) in [5.74, 6) is 0. The van der Waals surface area contributed by atoms with Crippen LogP contribution in [0.4, 0.5) is 0 Å². The Morgan fingerprint density at radius 3 is 1.43 bits per heavy atom. The minimum atomic E-state index is 0. The Morgan fingerprint density at radius 1 is 1.43 bits per heavy atom. The van der Waals surface area contributed by atoms with Crippen LogP contribution in [0.2, 0.25) is 0 Å². The maximum absolute atomic E-state index is 3.36. The van der Waals surface area contributed by atoms with E-state index in [0.29, 0.717) is 0 Å². The highest BCUT2D eigenvalue weighted by molar-refractivity contribution is 4.51. The lowest BCUT2D eigenvalue weighted by Gasteiger charge is -1.59. The Labute approximate surface area is 46.2 Å². The predicted octanol–water partition coefficient (Wildman–Crippen LogP) is 1.19. The fraction of sp³-hybridized carbons (Fsp3) is 0.600. The standard InChI is InChI=1S/C3H6.C2H7N.H3N/c2*1-3-2;/h3H,1H2,2H3;3H,1-2H3;1H3. The lowest BCUT2D eigenvalue weighted by Crippen LogP contribution is -1.89. The Balaban J connectivity index is -0.0000000400. The molecule has 0 atom stereocenters. The second-order valence-electron chi connectivity index (χ2n) is 0.908. The van der Waals surface area contributed by atoms with Crippen LogP contribution in [0.15, 0.2) is 12.7 Å². The monoisotopic (exact) mass is 104 g/mol. The molecule has 0 rings (SSSR count). The van der Waals surface area contributed by atoms with Crippen LogP contribution in [-0.4, -0.2) is 14.1 Å². The van der Waals surface area contributed by atoms with E-state index >= 15 is 0 Å². The van der Waals surface area contributed by atoms with Gasteiger partial charge in [0, 0.05) is 0 Å². The number of allylic oxidation sites excluding steroid dienone is 1. The molecular formula is C5H16N2. The smallest absolute Gasteiger partial charge is 0.0167 e. The molecule has 0 heterocycles. The van der Waals surface area contributed by atoms with Gasteiger partial charge >= 0.3 is 0 Å². The van der Waals surface area contributed by atoms with Gasteiger partial charge in [0.05, 0.1) is 0 Å². The summed E-state index contributed by atoms with van der Waals surface area (Å²) in [5, 5.41) is 2.75. The van der Waals surface area contributed by atoms with Gasteiger partial charge in [0.1, 0.15) is 0 Å². The third-order valence-corrected chi connectivity index (χ3v) is 0. The third kappa shape index (κ3) is 656. The summed E-state index contributed by atoms with van der Waals surface area (Å²) in [6.45, 7) is 5.25. The van der Waals surface area contributed by atoms with Crippen molar-refractivity contribution in [2.75, 3.05) is 14.1 Å². The van der Waals surface area contributed by atoms with Crippen molar-refractivity contribution in [1.29, 1.82) is 0 Å². The lowest BCUT2D eigenvalue weighted by atomic mass is 10.8. The van der Waals surface area contributed by atoms with Crippen LogP contribution in [0.5, 0.6) is 0 Å². The van der Waals surface area contributed by atoms with E-state index in [-0.39, 0.29) is 6.15 Å². The summed E-state index contributed by atoms with van der Waals surface area (Å²) in [6.07, 6.45) is 1.75. The summed E-state index contributed by atoms with van der Waals surface area (Å²) in [6, 6.07) is 0. The van der Waals surface area contributed by atoms with Crippen LogP contribution in [-0.2, 0) is 0 Å². The summed E-state index contributed by atoms with van der Waals surface area (Å²) < 4.78 is 0. The minimum absolute atomic E-state index is 0. The molecule has 0 saturated heterocycles. The molecule has 0 spiro atoms. The van der Waals surface area contributed by atoms with Gasteiger partial charge in [0.15, 0.2) is 0 Å². The van der Waals surface area contributed by atoms with Crippen molar-refractivity contribution < 1.29 is 0 Å². The molecule has 7 heavy (non-hydrogen) atoms. The molecule has 4 N–H and O–H groups in total. The first kappa shape index (κ1) is 15.9. The van der Waals surface area contributed by atoms with Crippen molar-refractivity contribution in [3.05, 3.63) is 12.7 Å². The summed E-state index contributed by atoms with van der Waals surface area (Å²) in [5.41, 5.74) is 0. The van der Waals surface area contributed by atoms with Gasteiger partial charge < -0.3 is 11.5 Å². The Hall–Kier alpha value is -0.340. The van der Waals surface area contributed by atoms with Crippen LogP contribution in [0.25, 0.3) is 0 Å². The van der Waals surface area contributed by atoms with Crippen LogP contribution >= 0.6 is 0 Å². The van der Waals surface area contributed by atoms with Crippen LogP contribution < -0.4 is 11.5 Å². The maximum Gasteiger partial charge on any atom is -0.0167 e. The van der Waals surface area contributed by atoms with E-state index in [1.165, 1.54) is 0 Å². The number of nitrogens with one attached hydrogen (secondary N) is 1. The van der Waals surface area contributed by atoms with Crippen molar-refractivity contribution in [2.24, 2.45) is 0 Å². The largest absolute Gasteiger partial charge is 0.344 e. The van der Waals surface area contributed by atoms with E-state index in [0.717, 1.165) is 0 Å². The van der Waals surface area contributed by atoms with Crippen LogP contribution in [0.3, 0.4) is 0 Å². The highest BCUT2D eigenvalue weighted by Crippen LogP contribution is 1.38. The Bertz CT molecular complexity index is 20.0. The van der Waals surface area contributed by atoms with Gasteiger partial charge in [-0.15, -0.1) is 6.58 Å². The number of hydrogen-bond donors (Lipinski definition) is 2. The molecule has 0 aromatic carbocycles. The van der Waals surface area contributed by atoms with E-state index in [4.69, 9.17) is 0 Å². The molecular weight excluding hydrogens is 88.1 g/mol.